The molecule has 144 valence electrons. The van der Waals surface area contributed by atoms with Crippen LogP contribution >= 0.6 is 0 Å². The minimum absolute atomic E-state index is 0.0681. The Hall–Kier alpha value is -1.94. The number of nitrogens with zero attached hydrogens (tertiary/aromatic N) is 1. The number of carbonyl (C=O) groups excluding carboxylic acids is 2. The van der Waals surface area contributed by atoms with Gasteiger partial charge in [-0.1, -0.05) is 35.5 Å². The molecule has 0 N–H and O–H groups in total. The van der Waals surface area contributed by atoms with Crippen molar-refractivity contribution in [2.75, 3.05) is 0 Å². The van der Waals surface area contributed by atoms with Gasteiger partial charge in [0, 0.05) is 6.42 Å². The third-order valence-electron chi connectivity index (χ3n) is 2.87. The van der Waals surface area contributed by atoms with E-state index in [0.29, 0.717) is 0 Å². The molecule has 0 saturated carbocycles. The maximum atomic E-state index is 12.4. The average molecular weight is 396 g/mol. The number of hydrogen-bond acceptors (Lipinski definition) is 6. The lowest BCUT2D eigenvalue weighted by atomic mass is 10.2. The molecule has 0 aliphatic heterocycles. The topological polar surface area (TPSA) is 74.2 Å². The largest absolute Gasteiger partial charge is 0.520 e. The molecule has 8 heteroatoms. The highest BCUT2D eigenvalue weighted by Gasteiger charge is 2.26. The lowest BCUT2D eigenvalue weighted by Gasteiger charge is -2.19. The van der Waals surface area contributed by atoms with Crippen LogP contribution in [0.4, 0.5) is 0 Å². The van der Waals surface area contributed by atoms with E-state index in [1.54, 1.807) is 0 Å². The van der Waals surface area contributed by atoms with E-state index in [-0.39, 0.29) is 31.1 Å². The van der Waals surface area contributed by atoms with Crippen molar-refractivity contribution in [2.24, 2.45) is 5.16 Å². The summed E-state index contributed by atoms with van der Waals surface area (Å²) in [6.07, 6.45) is 0.194. The molecule has 26 heavy (non-hydrogen) atoms. The molecule has 0 aliphatic carbocycles. The van der Waals surface area contributed by atoms with Gasteiger partial charge in [-0.25, -0.2) is 4.79 Å². The maximum Gasteiger partial charge on any atom is 0.342 e. The molecule has 0 spiro atoms. The van der Waals surface area contributed by atoms with Crippen LogP contribution in [0.3, 0.4) is 0 Å². The van der Waals surface area contributed by atoms with Crippen LogP contribution in [0.1, 0.15) is 18.4 Å². The lowest BCUT2D eigenvalue weighted by Crippen LogP contribution is -2.34. The fourth-order valence-corrected chi connectivity index (χ4v) is 3.35. The Morgan fingerprint density at radius 2 is 1.46 bits per heavy atom. The second-order valence-corrected chi connectivity index (χ2v) is 16.7. The maximum absolute atomic E-state index is 12.4. The van der Waals surface area contributed by atoms with Crippen LogP contribution in [0.25, 0.3) is 0 Å². The molecule has 0 aliphatic rings. The fourth-order valence-electron chi connectivity index (χ4n) is 1.89. The molecule has 0 unspecified atom stereocenters. The van der Waals surface area contributed by atoms with Gasteiger partial charge in [-0.3, -0.25) is 4.79 Å². The number of rotatable bonds is 9. The summed E-state index contributed by atoms with van der Waals surface area (Å²) in [5.41, 5.74) is 1.04. The monoisotopic (exact) mass is 395 g/mol. The Balaban J connectivity index is 2.73. The van der Waals surface area contributed by atoms with Gasteiger partial charge < -0.3 is 13.7 Å². The van der Waals surface area contributed by atoms with E-state index in [2.05, 4.69) is 5.16 Å². The molecule has 0 radical (unpaired) electrons. The van der Waals surface area contributed by atoms with E-state index >= 15 is 0 Å². The smallest absolute Gasteiger partial charge is 0.342 e. The summed E-state index contributed by atoms with van der Waals surface area (Å²) in [6.45, 7) is 11.8. The summed E-state index contributed by atoms with van der Waals surface area (Å²) in [5.74, 6) is -0.862. The minimum Gasteiger partial charge on any atom is -0.520 e. The quantitative estimate of drug-likeness (QED) is 0.357. The standard InChI is InChI=1S/C18H29NO5Si2/c1-25(2,3)23-17(20)13-12-16(18(21)24-26(4,5)6)19-22-14-15-10-8-7-9-11-15/h7-11H,12-14H2,1-6H3/b19-16+. The second kappa shape index (κ2) is 9.68. The van der Waals surface area contributed by atoms with Crippen molar-refractivity contribution in [3.63, 3.8) is 0 Å². The normalized spacial score (nSPS) is 12.5. The molecule has 0 bridgehead atoms. The predicted molar refractivity (Wildman–Crippen MR) is 107 cm³/mol. The molecule has 0 heterocycles. The predicted octanol–water partition coefficient (Wildman–Crippen LogP) is 4.10. The van der Waals surface area contributed by atoms with Gasteiger partial charge in [-0.2, -0.15) is 0 Å². The highest BCUT2D eigenvalue weighted by Crippen LogP contribution is 2.10. The zero-order valence-corrected chi connectivity index (χ0v) is 18.5. The number of benzene rings is 1. The van der Waals surface area contributed by atoms with Crippen LogP contribution in [0, 0.1) is 0 Å². The summed E-state index contributed by atoms with van der Waals surface area (Å²) >= 11 is 0. The zero-order valence-electron chi connectivity index (χ0n) is 16.5. The molecule has 0 aromatic heterocycles. The van der Waals surface area contributed by atoms with E-state index in [1.165, 1.54) is 0 Å². The molecular weight excluding hydrogens is 366 g/mol. The first-order chi connectivity index (χ1) is 12.0. The number of oxime groups is 1. The lowest BCUT2D eigenvalue weighted by molar-refractivity contribution is -0.134. The van der Waals surface area contributed by atoms with Crippen LogP contribution in [0.15, 0.2) is 35.5 Å². The Bertz CT molecular complexity index is 633. The zero-order chi connectivity index (χ0) is 19.8. The minimum atomic E-state index is -2.08. The highest BCUT2D eigenvalue weighted by molar-refractivity contribution is 6.72. The molecule has 0 atom stereocenters. The number of carbonyl (C=O) groups is 2. The summed E-state index contributed by atoms with van der Waals surface area (Å²) in [5, 5.41) is 3.94. The Morgan fingerprint density at radius 3 is 2.00 bits per heavy atom. The van der Waals surface area contributed by atoms with Crippen LogP contribution in [0.5, 0.6) is 0 Å². The molecular formula is C18H29NO5Si2. The van der Waals surface area contributed by atoms with Gasteiger partial charge in [0.1, 0.15) is 6.61 Å². The van der Waals surface area contributed by atoms with Gasteiger partial charge in [0.2, 0.25) is 16.6 Å². The summed E-state index contributed by atoms with van der Waals surface area (Å²) in [4.78, 5) is 29.6. The molecule has 1 aromatic rings. The first-order valence-electron chi connectivity index (χ1n) is 8.64. The fraction of sp³-hybridized carbons (Fsp3) is 0.500. The van der Waals surface area contributed by atoms with E-state index in [4.69, 9.17) is 13.7 Å². The van der Waals surface area contributed by atoms with Gasteiger partial charge in [0.05, 0.1) is 6.42 Å². The van der Waals surface area contributed by atoms with Crippen molar-refractivity contribution in [1.29, 1.82) is 0 Å². The van der Waals surface area contributed by atoms with Crippen molar-refractivity contribution < 1.29 is 23.3 Å². The van der Waals surface area contributed by atoms with E-state index in [0.717, 1.165) is 5.56 Å². The molecule has 0 saturated heterocycles. The van der Waals surface area contributed by atoms with E-state index < -0.39 is 22.6 Å². The van der Waals surface area contributed by atoms with Gasteiger partial charge >= 0.3 is 5.97 Å². The van der Waals surface area contributed by atoms with Gasteiger partial charge in [-0.05, 0) is 44.8 Å². The Labute approximate surface area is 157 Å². The van der Waals surface area contributed by atoms with Crippen LogP contribution < -0.4 is 0 Å². The summed E-state index contributed by atoms with van der Waals surface area (Å²) in [6, 6.07) is 9.51. The Kier molecular flexibility index (Phi) is 8.23. The molecule has 1 aromatic carbocycles. The molecule has 0 amide bonds. The second-order valence-electron chi connectivity index (χ2n) is 7.89. The van der Waals surface area contributed by atoms with Crippen molar-refractivity contribution in [1.82, 2.24) is 0 Å². The average Bonchev–Trinajstić information content (AvgIpc) is 2.48. The SMILES string of the molecule is C[Si](C)(C)OC(=O)CC/C(=N\OCc1ccccc1)C(=O)O[Si](C)(C)C. The summed E-state index contributed by atoms with van der Waals surface area (Å²) in [7, 11) is -4.03. The van der Waals surface area contributed by atoms with Gasteiger partial charge in [0.25, 0.3) is 5.97 Å². The van der Waals surface area contributed by atoms with E-state index in [9.17, 15) is 9.59 Å². The molecule has 6 nitrogen and oxygen atoms in total. The van der Waals surface area contributed by atoms with Crippen LogP contribution in [0.2, 0.25) is 39.3 Å². The van der Waals surface area contributed by atoms with Gasteiger partial charge in [0.15, 0.2) is 5.71 Å². The molecule has 0 fully saturated rings. The third-order valence-corrected chi connectivity index (χ3v) is 4.51. The van der Waals surface area contributed by atoms with Crippen molar-refractivity contribution >= 4 is 34.3 Å². The van der Waals surface area contributed by atoms with Gasteiger partial charge in [-0.15, -0.1) is 0 Å². The number of hydrogen-bond donors (Lipinski definition) is 0. The first kappa shape index (κ1) is 22.1. The van der Waals surface area contributed by atoms with Crippen molar-refractivity contribution in [3.8, 4) is 0 Å². The van der Waals surface area contributed by atoms with Crippen molar-refractivity contribution in [2.45, 2.75) is 58.7 Å². The molecule has 1 rings (SSSR count). The van der Waals surface area contributed by atoms with Crippen molar-refractivity contribution in [3.05, 3.63) is 35.9 Å². The highest BCUT2D eigenvalue weighted by atomic mass is 28.4. The van der Waals surface area contributed by atoms with Crippen LogP contribution in [-0.2, 0) is 29.9 Å². The van der Waals surface area contributed by atoms with Crippen LogP contribution in [-0.4, -0.2) is 34.3 Å². The Morgan fingerprint density at radius 1 is 0.885 bits per heavy atom. The third kappa shape index (κ3) is 10.1. The first-order valence-corrected chi connectivity index (χ1v) is 15.5. The summed E-state index contributed by atoms with van der Waals surface area (Å²) < 4.78 is 10.9. The van der Waals surface area contributed by atoms with E-state index in [1.807, 2.05) is 69.6 Å².